The smallest absolute Gasteiger partial charge is 0.356 e. The number of nitro groups is 2. The fourth-order valence-corrected chi connectivity index (χ4v) is 6.74. The Kier molecular flexibility index (Phi) is 20.1. The topological polar surface area (TPSA) is 313 Å². The molecule has 0 saturated carbocycles. The molecule has 0 spiro atoms. The number of rotatable bonds is 24. The third kappa shape index (κ3) is 17.0. The number of nitrogens with one attached hydrogen (secondary N) is 4. The summed E-state index contributed by atoms with van der Waals surface area (Å²) in [5.41, 5.74) is 4.68. The van der Waals surface area contributed by atoms with Gasteiger partial charge in [0, 0.05) is 75.6 Å². The van der Waals surface area contributed by atoms with Crippen molar-refractivity contribution < 1.29 is 48.7 Å². The largest absolute Gasteiger partial charge is 0.477 e. The van der Waals surface area contributed by atoms with Crippen LogP contribution in [0.2, 0.25) is 0 Å². The second-order valence-electron chi connectivity index (χ2n) is 15.3. The Morgan fingerprint density at radius 3 is 1.13 bits per heavy atom. The zero-order valence-corrected chi connectivity index (χ0v) is 38.0. The number of ether oxygens (including phenoxy) is 2. The van der Waals surface area contributed by atoms with Crippen LogP contribution in [0.1, 0.15) is 75.9 Å². The molecule has 0 aliphatic heterocycles. The van der Waals surface area contributed by atoms with E-state index in [0.29, 0.717) is 74.9 Å². The van der Waals surface area contributed by atoms with E-state index in [-0.39, 0.29) is 46.2 Å². The van der Waals surface area contributed by atoms with Gasteiger partial charge in [0.25, 0.3) is 11.4 Å². The van der Waals surface area contributed by atoms with Crippen LogP contribution < -0.4 is 21.3 Å². The summed E-state index contributed by atoms with van der Waals surface area (Å²) >= 11 is 0. The number of aromatic carboxylic acids is 2. The van der Waals surface area contributed by atoms with Gasteiger partial charge in [-0.1, -0.05) is 48.5 Å². The molecule has 6 N–H and O–H groups in total. The van der Waals surface area contributed by atoms with Crippen LogP contribution in [-0.4, -0.2) is 103 Å². The highest BCUT2D eigenvalue weighted by atomic mass is 16.6. The standard InChI is InChI=1S/C25H27N5O6.C23H23N5O6/c1-35-24(31)22-7-3-5-18(28-22)14-26-15-20(13-17-9-11-21(12-10-17)30(33)34)27-16-19-6-4-8-23(29-19)25(32)36-2;29-22(30)20-5-1-3-16(26-20)12-24-13-18(11-15-7-9-19(10-8-15)28(33)34)25-14-17-4-2-6-21(27-17)23(31)32/h3-12,20,26-27H,13-16H2,1-2H3;1-10,18,24-25H,11-14H2,(H,29,30)(H,31,32). The molecule has 22 heteroatoms. The number of pyridine rings is 4. The summed E-state index contributed by atoms with van der Waals surface area (Å²) < 4.78 is 9.45. The Labute approximate surface area is 400 Å². The van der Waals surface area contributed by atoms with Gasteiger partial charge < -0.3 is 41.0 Å². The third-order valence-electron chi connectivity index (χ3n) is 10.3. The average molecular weight is 959 g/mol. The number of hydrogen-bond donors (Lipinski definition) is 6. The first-order chi connectivity index (χ1) is 33.7. The van der Waals surface area contributed by atoms with Gasteiger partial charge in [0.2, 0.25) is 0 Å². The first-order valence-corrected chi connectivity index (χ1v) is 21.5. The van der Waals surface area contributed by atoms with Crippen molar-refractivity contribution in [2.45, 2.75) is 51.1 Å². The summed E-state index contributed by atoms with van der Waals surface area (Å²) in [6, 6.07) is 32.2. The van der Waals surface area contributed by atoms with E-state index in [1.807, 2.05) is 0 Å². The Balaban J connectivity index is 0.000000261. The van der Waals surface area contributed by atoms with Crippen molar-refractivity contribution >= 4 is 35.3 Å². The summed E-state index contributed by atoms with van der Waals surface area (Å²) in [5, 5.41) is 53.4. The minimum Gasteiger partial charge on any atom is -0.477 e. The summed E-state index contributed by atoms with van der Waals surface area (Å²) in [5.74, 6) is -3.23. The molecule has 4 aromatic heterocycles. The van der Waals surface area contributed by atoms with Crippen LogP contribution in [0.3, 0.4) is 0 Å². The van der Waals surface area contributed by atoms with Crippen LogP contribution in [0.15, 0.2) is 121 Å². The molecule has 2 atom stereocenters. The average Bonchev–Trinajstić information content (AvgIpc) is 3.37. The number of nitrogens with zero attached hydrogens (tertiary/aromatic N) is 6. The molecule has 6 rings (SSSR count). The molecule has 0 amide bonds. The van der Waals surface area contributed by atoms with Gasteiger partial charge in [-0.25, -0.2) is 39.1 Å². The fraction of sp³-hybridized carbons (Fsp3) is 0.250. The van der Waals surface area contributed by atoms with Gasteiger partial charge in [-0.2, -0.15) is 0 Å². The van der Waals surface area contributed by atoms with Gasteiger partial charge in [-0.3, -0.25) is 20.2 Å². The van der Waals surface area contributed by atoms with Gasteiger partial charge in [-0.15, -0.1) is 0 Å². The molecule has 0 aliphatic carbocycles. The number of carboxylic acids is 2. The molecule has 0 radical (unpaired) electrons. The lowest BCUT2D eigenvalue weighted by atomic mass is 10.0. The van der Waals surface area contributed by atoms with Gasteiger partial charge in [0.1, 0.15) is 22.8 Å². The first-order valence-electron chi connectivity index (χ1n) is 21.5. The number of nitro benzene ring substituents is 2. The molecule has 6 aromatic rings. The molecule has 2 aromatic carbocycles. The van der Waals surface area contributed by atoms with E-state index in [0.717, 1.165) is 11.1 Å². The Hall–Kier alpha value is -8.44. The van der Waals surface area contributed by atoms with Gasteiger partial charge in [0.15, 0.2) is 0 Å². The molecule has 0 bridgehead atoms. The van der Waals surface area contributed by atoms with E-state index in [4.69, 9.17) is 19.7 Å². The van der Waals surface area contributed by atoms with Crippen molar-refractivity contribution in [2.75, 3.05) is 27.3 Å². The first kappa shape index (κ1) is 52.5. The fourth-order valence-electron chi connectivity index (χ4n) is 6.74. The van der Waals surface area contributed by atoms with E-state index in [2.05, 4.69) is 41.2 Å². The number of carboxylic acid groups (broad SMARTS) is 2. The molecule has 4 heterocycles. The molecule has 22 nitrogen and oxygen atoms in total. The molecule has 364 valence electrons. The van der Waals surface area contributed by atoms with E-state index in [1.165, 1.54) is 50.6 Å². The van der Waals surface area contributed by atoms with Crippen LogP contribution in [0.5, 0.6) is 0 Å². The third-order valence-corrected chi connectivity index (χ3v) is 10.3. The van der Waals surface area contributed by atoms with Crippen molar-refractivity contribution in [1.29, 1.82) is 0 Å². The minimum atomic E-state index is -1.11. The molecular formula is C48H50N10O12. The maximum Gasteiger partial charge on any atom is 0.356 e. The lowest BCUT2D eigenvalue weighted by molar-refractivity contribution is -0.385. The summed E-state index contributed by atoms with van der Waals surface area (Å²) in [6.45, 7) is 2.45. The summed E-state index contributed by atoms with van der Waals surface area (Å²) in [4.78, 5) is 83.6. The number of carbonyl (C=O) groups is 4. The highest BCUT2D eigenvalue weighted by molar-refractivity contribution is 5.87. The Morgan fingerprint density at radius 2 is 0.814 bits per heavy atom. The van der Waals surface area contributed by atoms with Crippen LogP contribution in [0.4, 0.5) is 11.4 Å². The highest BCUT2D eigenvalue weighted by Crippen LogP contribution is 2.15. The minimum absolute atomic E-state index is 0.00505. The number of benzene rings is 2. The molecule has 70 heavy (non-hydrogen) atoms. The van der Waals surface area contributed by atoms with Crippen LogP contribution in [0.25, 0.3) is 0 Å². The predicted octanol–water partition coefficient (Wildman–Crippen LogP) is 4.72. The molecule has 0 fully saturated rings. The van der Waals surface area contributed by atoms with Gasteiger partial charge >= 0.3 is 23.9 Å². The van der Waals surface area contributed by atoms with E-state index in [9.17, 15) is 39.4 Å². The quantitative estimate of drug-likeness (QED) is 0.0271. The lowest BCUT2D eigenvalue weighted by Gasteiger charge is -2.20. The molecular weight excluding hydrogens is 909 g/mol. The maximum atomic E-state index is 11.8. The lowest BCUT2D eigenvalue weighted by Crippen LogP contribution is -2.40. The Morgan fingerprint density at radius 1 is 0.500 bits per heavy atom. The monoisotopic (exact) mass is 958 g/mol. The number of aromatic nitrogens is 4. The second-order valence-corrected chi connectivity index (χ2v) is 15.3. The highest BCUT2D eigenvalue weighted by Gasteiger charge is 2.16. The summed E-state index contributed by atoms with van der Waals surface area (Å²) in [6.07, 6.45) is 1.11. The van der Waals surface area contributed by atoms with Crippen molar-refractivity contribution in [1.82, 2.24) is 41.2 Å². The van der Waals surface area contributed by atoms with Crippen molar-refractivity contribution in [2.24, 2.45) is 0 Å². The number of methoxy groups -OCH3 is 2. The van der Waals surface area contributed by atoms with E-state index in [1.54, 1.807) is 84.9 Å². The van der Waals surface area contributed by atoms with E-state index < -0.39 is 33.7 Å². The van der Waals surface area contributed by atoms with Crippen LogP contribution in [0, 0.1) is 20.2 Å². The number of hydrogen-bond acceptors (Lipinski definition) is 18. The van der Waals surface area contributed by atoms with Crippen molar-refractivity contribution in [3.63, 3.8) is 0 Å². The Bertz CT molecular complexity index is 2740. The zero-order chi connectivity index (χ0) is 50.4. The molecule has 0 saturated heterocycles. The van der Waals surface area contributed by atoms with E-state index >= 15 is 0 Å². The molecule has 0 aliphatic rings. The molecule has 2 unspecified atom stereocenters. The van der Waals surface area contributed by atoms with Crippen molar-refractivity contribution in [3.8, 4) is 0 Å². The van der Waals surface area contributed by atoms with Gasteiger partial charge in [-0.05, 0) is 72.5 Å². The second kappa shape index (κ2) is 26.8. The number of esters is 2. The normalized spacial score (nSPS) is 11.6. The van der Waals surface area contributed by atoms with Crippen molar-refractivity contribution in [3.05, 3.63) is 198 Å². The maximum absolute atomic E-state index is 11.8. The zero-order valence-electron chi connectivity index (χ0n) is 38.0. The van der Waals surface area contributed by atoms with Gasteiger partial charge in [0.05, 0.1) is 46.8 Å². The number of non-ortho nitro benzene ring substituents is 2. The SMILES string of the molecule is COC(=O)c1cccc(CNCC(Cc2ccc([N+](=O)[O-])cc2)NCc2cccc(C(=O)OC)n2)n1.O=C(O)c1cccc(CNCC(Cc2ccc([N+](=O)[O-])cc2)NCc2cccc(C(=O)O)n2)n1. The van der Waals surface area contributed by atoms with Crippen LogP contribution in [-0.2, 0) is 48.5 Å². The van der Waals surface area contributed by atoms with Crippen LogP contribution >= 0.6 is 0 Å². The predicted molar refractivity (Wildman–Crippen MR) is 252 cm³/mol. The summed E-state index contributed by atoms with van der Waals surface area (Å²) in [7, 11) is 2.61. The number of carbonyl (C=O) groups excluding carboxylic acids is 2.